The number of ether oxygens (including phenoxy) is 1. The topological polar surface area (TPSA) is 50.7 Å². The zero-order valence-corrected chi connectivity index (χ0v) is 18.5. The zero-order valence-electron chi connectivity index (χ0n) is 18.5. The molecule has 1 amide bonds. The Morgan fingerprint density at radius 1 is 1.00 bits per heavy atom. The van der Waals surface area contributed by atoms with Crippen LogP contribution in [-0.4, -0.2) is 25.3 Å². The molecule has 1 atom stereocenters. The highest BCUT2D eigenvalue weighted by atomic mass is 16.5. The van der Waals surface area contributed by atoms with Gasteiger partial charge in [-0.25, -0.2) is 0 Å². The van der Waals surface area contributed by atoms with Crippen molar-refractivity contribution in [2.75, 3.05) is 7.11 Å². The van der Waals surface area contributed by atoms with Crippen molar-refractivity contribution in [1.29, 1.82) is 0 Å². The van der Waals surface area contributed by atoms with E-state index in [4.69, 9.17) is 4.74 Å². The average molecular weight is 417 g/mol. The molecule has 0 aliphatic heterocycles. The van der Waals surface area contributed by atoms with Crippen LogP contribution in [0.3, 0.4) is 0 Å². The van der Waals surface area contributed by atoms with E-state index >= 15 is 0 Å². The van der Waals surface area contributed by atoms with Gasteiger partial charge < -0.3 is 10.1 Å². The van der Waals surface area contributed by atoms with Crippen LogP contribution in [-0.2, 0) is 0 Å². The van der Waals surface area contributed by atoms with Gasteiger partial charge in [-0.05, 0) is 123 Å². The second-order valence-corrected chi connectivity index (χ2v) is 10.1. The van der Waals surface area contributed by atoms with E-state index in [-0.39, 0.29) is 11.9 Å². The summed E-state index contributed by atoms with van der Waals surface area (Å²) in [5.74, 6) is 3.56. The third-order valence-electron chi connectivity index (χ3n) is 7.96. The number of carbonyl (C=O) groups excluding carboxylic acids is 1. The Kier molecular flexibility index (Phi) is 5.33. The highest BCUT2D eigenvalue weighted by Gasteiger charge is 2.53. The number of rotatable bonds is 6. The molecule has 1 unspecified atom stereocenters. The van der Waals surface area contributed by atoms with Crippen LogP contribution in [0, 0.1) is 23.2 Å². The van der Waals surface area contributed by atoms with Gasteiger partial charge in [0.25, 0.3) is 5.91 Å². The van der Waals surface area contributed by atoms with Crippen molar-refractivity contribution in [3.8, 4) is 5.75 Å². The molecular formula is C27H32N2O2. The van der Waals surface area contributed by atoms with E-state index in [0.29, 0.717) is 11.0 Å². The number of nitrogens with zero attached hydrogens (tertiary/aromatic N) is 1. The maximum Gasteiger partial charge on any atom is 0.251 e. The Hall–Kier alpha value is -2.62. The predicted molar refractivity (Wildman–Crippen MR) is 124 cm³/mol. The molecule has 4 bridgehead atoms. The molecule has 2 aromatic carbocycles. The van der Waals surface area contributed by atoms with Crippen molar-refractivity contribution >= 4 is 17.8 Å². The Labute approximate surface area is 185 Å². The molecule has 4 aliphatic carbocycles. The fraction of sp³-hybridized carbons (Fsp3) is 0.481. The molecule has 2 aromatic rings. The van der Waals surface area contributed by atoms with Crippen LogP contribution in [0.5, 0.6) is 5.75 Å². The van der Waals surface area contributed by atoms with Gasteiger partial charge in [-0.1, -0.05) is 0 Å². The van der Waals surface area contributed by atoms with Crippen molar-refractivity contribution in [1.82, 2.24) is 5.32 Å². The lowest BCUT2D eigenvalue weighted by molar-refractivity contribution is -0.0688. The first kappa shape index (κ1) is 20.3. The Bertz CT molecular complexity index is 926. The number of carbonyl (C=O) groups is 1. The molecular weight excluding hydrogens is 384 g/mol. The summed E-state index contributed by atoms with van der Waals surface area (Å²) >= 11 is 0. The van der Waals surface area contributed by atoms with Crippen LogP contribution < -0.4 is 10.1 Å². The van der Waals surface area contributed by atoms with Crippen molar-refractivity contribution in [3.05, 3.63) is 59.7 Å². The van der Waals surface area contributed by atoms with Crippen molar-refractivity contribution < 1.29 is 9.53 Å². The molecule has 4 heteroatoms. The quantitative estimate of drug-likeness (QED) is 0.607. The van der Waals surface area contributed by atoms with Gasteiger partial charge in [-0.3, -0.25) is 9.79 Å². The number of aliphatic imine (C=N–C) groups is 1. The van der Waals surface area contributed by atoms with E-state index in [1.807, 2.05) is 54.7 Å². The van der Waals surface area contributed by atoms with Crippen LogP contribution in [0.15, 0.2) is 53.5 Å². The summed E-state index contributed by atoms with van der Waals surface area (Å²) in [6.45, 7) is 2.23. The second-order valence-electron chi connectivity index (χ2n) is 10.1. The first-order valence-electron chi connectivity index (χ1n) is 11.6. The molecule has 4 saturated carbocycles. The minimum atomic E-state index is 0.0360. The average Bonchev–Trinajstić information content (AvgIpc) is 2.77. The van der Waals surface area contributed by atoms with E-state index in [1.54, 1.807) is 7.11 Å². The Balaban J connectivity index is 1.21. The number of benzene rings is 2. The molecule has 0 saturated heterocycles. The first-order valence-corrected chi connectivity index (χ1v) is 11.6. The smallest absolute Gasteiger partial charge is 0.251 e. The summed E-state index contributed by atoms with van der Waals surface area (Å²) in [6, 6.07) is 15.6. The van der Waals surface area contributed by atoms with Crippen LogP contribution in [0.25, 0.3) is 0 Å². The molecule has 31 heavy (non-hydrogen) atoms. The molecule has 162 valence electrons. The van der Waals surface area contributed by atoms with Crippen LogP contribution in [0.4, 0.5) is 5.69 Å². The van der Waals surface area contributed by atoms with Crippen molar-refractivity contribution in [3.63, 3.8) is 0 Å². The molecule has 4 nitrogen and oxygen atoms in total. The third-order valence-corrected chi connectivity index (χ3v) is 7.96. The van der Waals surface area contributed by atoms with Gasteiger partial charge in [-0.2, -0.15) is 0 Å². The molecule has 0 heterocycles. The van der Waals surface area contributed by atoms with Gasteiger partial charge in [0.2, 0.25) is 0 Å². The van der Waals surface area contributed by atoms with Crippen molar-refractivity contribution in [2.45, 2.75) is 51.5 Å². The minimum Gasteiger partial charge on any atom is -0.497 e. The zero-order chi connectivity index (χ0) is 21.4. The first-order chi connectivity index (χ1) is 15.0. The summed E-state index contributed by atoms with van der Waals surface area (Å²) in [7, 11) is 1.66. The fourth-order valence-electron chi connectivity index (χ4n) is 6.68. The molecule has 4 aliphatic rings. The van der Waals surface area contributed by atoms with Crippen molar-refractivity contribution in [2.24, 2.45) is 28.2 Å². The summed E-state index contributed by atoms with van der Waals surface area (Å²) in [5, 5.41) is 3.35. The summed E-state index contributed by atoms with van der Waals surface area (Å²) in [5.41, 5.74) is 2.88. The number of amides is 1. The van der Waals surface area contributed by atoms with E-state index in [1.165, 1.54) is 38.5 Å². The highest BCUT2D eigenvalue weighted by Crippen LogP contribution is 2.61. The van der Waals surface area contributed by atoms with Crippen LogP contribution >= 0.6 is 0 Å². The van der Waals surface area contributed by atoms with E-state index in [0.717, 1.165) is 34.8 Å². The molecule has 0 aromatic heterocycles. The second kappa shape index (κ2) is 8.14. The van der Waals surface area contributed by atoms with E-state index < -0.39 is 0 Å². The Morgan fingerprint density at radius 2 is 1.58 bits per heavy atom. The largest absolute Gasteiger partial charge is 0.497 e. The third kappa shape index (κ3) is 4.13. The summed E-state index contributed by atoms with van der Waals surface area (Å²) in [6.07, 6.45) is 10.0. The summed E-state index contributed by atoms with van der Waals surface area (Å²) < 4.78 is 5.18. The standard InChI is InChI=1S/C27H32N2O2/c1-18(27-14-20-11-21(15-27)13-22(12-20)16-27)29-26(30)23-5-7-24(8-6-23)28-17-19-3-9-25(31-2)10-4-19/h3-10,17-18,20-22H,11-16H2,1-2H3,(H,29,30). The Morgan fingerprint density at radius 3 is 2.13 bits per heavy atom. The lowest BCUT2D eigenvalue weighted by Crippen LogP contribution is -2.55. The molecule has 4 fully saturated rings. The molecule has 0 spiro atoms. The maximum atomic E-state index is 12.9. The van der Waals surface area contributed by atoms with Crippen LogP contribution in [0.1, 0.15) is 61.4 Å². The number of hydrogen-bond acceptors (Lipinski definition) is 3. The number of nitrogens with one attached hydrogen (secondary N) is 1. The predicted octanol–water partition coefficient (Wildman–Crippen LogP) is 5.78. The summed E-state index contributed by atoms with van der Waals surface area (Å²) in [4.78, 5) is 17.5. The maximum absolute atomic E-state index is 12.9. The highest BCUT2D eigenvalue weighted by molar-refractivity contribution is 5.94. The SMILES string of the molecule is COc1ccc(C=Nc2ccc(C(=O)NC(C)C34CC5CC(CC(C5)C3)C4)cc2)cc1. The van der Waals surface area contributed by atoms with Gasteiger partial charge in [0.05, 0.1) is 12.8 Å². The van der Waals surface area contributed by atoms with E-state index in [9.17, 15) is 4.79 Å². The lowest BCUT2D eigenvalue weighted by Gasteiger charge is -2.59. The van der Waals surface area contributed by atoms with Gasteiger partial charge in [0.1, 0.15) is 5.75 Å². The van der Waals surface area contributed by atoms with Crippen LogP contribution in [0.2, 0.25) is 0 Å². The normalized spacial score (nSPS) is 29.8. The monoisotopic (exact) mass is 416 g/mol. The van der Waals surface area contributed by atoms with Gasteiger partial charge >= 0.3 is 0 Å². The van der Waals surface area contributed by atoms with Gasteiger partial charge in [0, 0.05) is 17.8 Å². The number of methoxy groups -OCH3 is 1. The minimum absolute atomic E-state index is 0.0360. The number of hydrogen-bond donors (Lipinski definition) is 1. The van der Waals surface area contributed by atoms with Gasteiger partial charge in [-0.15, -0.1) is 0 Å². The molecule has 1 N–H and O–H groups in total. The van der Waals surface area contributed by atoms with E-state index in [2.05, 4.69) is 17.2 Å². The van der Waals surface area contributed by atoms with Gasteiger partial charge in [0.15, 0.2) is 0 Å². The fourth-order valence-corrected chi connectivity index (χ4v) is 6.68. The molecule has 0 radical (unpaired) electrons. The lowest BCUT2D eigenvalue weighted by atomic mass is 9.48. The molecule has 6 rings (SSSR count).